The molecule has 9 heteroatoms. The number of nitrogens with zero attached hydrogens (tertiary/aromatic N) is 2. The van der Waals surface area contributed by atoms with Gasteiger partial charge in [0.2, 0.25) is 15.9 Å². The standard InChI is InChI=1S/C22H31N3O4S2/c1-15-7-6-8-18(16(15)2)23-21(26)14-30-22-24-19-13-17(9-10-20(19)29-22)31(27,28)25-11-4-3-5-12-25/h9-10,13,15-16,18H,3-8,11-12,14H2,1-2H3,(H,23,26)/t15-,16+,18+/m0/s1. The molecule has 1 saturated carbocycles. The van der Waals surface area contributed by atoms with Gasteiger partial charge in [0, 0.05) is 19.1 Å². The number of sulfonamides is 1. The van der Waals surface area contributed by atoms with Crippen molar-refractivity contribution in [2.24, 2.45) is 11.8 Å². The number of fused-ring (bicyclic) bond motifs is 1. The summed E-state index contributed by atoms with van der Waals surface area (Å²) in [4.78, 5) is 17.1. The molecule has 7 nitrogen and oxygen atoms in total. The maximum Gasteiger partial charge on any atom is 0.257 e. The first kappa shape index (κ1) is 22.6. The lowest BCUT2D eigenvalue weighted by atomic mass is 9.78. The Balaban J connectivity index is 1.39. The van der Waals surface area contributed by atoms with Gasteiger partial charge < -0.3 is 9.73 Å². The molecule has 31 heavy (non-hydrogen) atoms. The van der Waals surface area contributed by atoms with E-state index in [1.807, 2.05) is 0 Å². The molecule has 0 radical (unpaired) electrons. The molecule has 1 N–H and O–H groups in total. The zero-order chi connectivity index (χ0) is 22.0. The van der Waals surface area contributed by atoms with Gasteiger partial charge in [-0.3, -0.25) is 4.79 Å². The van der Waals surface area contributed by atoms with E-state index in [0.29, 0.717) is 41.2 Å². The molecule has 2 fully saturated rings. The van der Waals surface area contributed by atoms with Crippen LogP contribution in [-0.4, -0.2) is 48.5 Å². The minimum atomic E-state index is -3.52. The van der Waals surface area contributed by atoms with Gasteiger partial charge in [-0.1, -0.05) is 44.9 Å². The lowest BCUT2D eigenvalue weighted by molar-refractivity contribution is -0.120. The molecule has 2 aliphatic rings. The number of amides is 1. The SMILES string of the molecule is C[C@@H]1[C@@H](C)CCC[C@H]1NC(=O)CSc1nc2cc(S(=O)(=O)N3CCCCC3)ccc2o1. The van der Waals surface area contributed by atoms with E-state index in [-0.39, 0.29) is 22.6 Å². The minimum Gasteiger partial charge on any atom is -0.431 e. The second kappa shape index (κ2) is 9.50. The highest BCUT2D eigenvalue weighted by Crippen LogP contribution is 2.30. The van der Waals surface area contributed by atoms with E-state index in [1.54, 1.807) is 22.5 Å². The summed E-state index contributed by atoms with van der Waals surface area (Å²) in [6.45, 7) is 5.58. The van der Waals surface area contributed by atoms with Crippen LogP contribution in [0.3, 0.4) is 0 Å². The van der Waals surface area contributed by atoms with Crippen molar-refractivity contribution in [2.75, 3.05) is 18.8 Å². The van der Waals surface area contributed by atoms with Gasteiger partial charge in [0.1, 0.15) is 5.52 Å². The van der Waals surface area contributed by atoms with Crippen LogP contribution in [0.4, 0.5) is 0 Å². The van der Waals surface area contributed by atoms with Gasteiger partial charge in [0.15, 0.2) is 5.58 Å². The Morgan fingerprint density at radius 1 is 1.19 bits per heavy atom. The van der Waals surface area contributed by atoms with Gasteiger partial charge in [-0.05, 0) is 49.3 Å². The van der Waals surface area contributed by atoms with Crippen molar-refractivity contribution < 1.29 is 17.6 Å². The number of benzene rings is 1. The molecule has 1 saturated heterocycles. The molecule has 3 atom stereocenters. The minimum absolute atomic E-state index is 0.0217. The first-order valence-electron chi connectivity index (χ1n) is 11.2. The molecule has 1 aromatic heterocycles. The highest BCUT2D eigenvalue weighted by molar-refractivity contribution is 7.99. The number of carbonyl (C=O) groups is 1. The number of thioether (sulfide) groups is 1. The van der Waals surface area contributed by atoms with E-state index in [2.05, 4.69) is 24.1 Å². The Labute approximate surface area is 188 Å². The first-order valence-corrected chi connectivity index (χ1v) is 13.6. The van der Waals surface area contributed by atoms with E-state index in [9.17, 15) is 13.2 Å². The van der Waals surface area contributed by atoms with Crippen LogP contribution in [0.25, 0.3) is 11.1 Å². The fraction of sp³-hybridized carbons (Fsp3) is 0.636. The molecule has 1 aromatic carbocycles. The van der Waals surface area contributed by atoms with E-state index >= 15 is 0 Å². The zero-order valence-corrected chi connectivity index (χ0v) is 19.8. The average molecular weight is 466 g/mol. The summed E-state index contributed by atoms with van der Waals surface area (Å²) in [5.41, 5.74) is 1.02. The maximum absolute atomic E-state index is 12.9. The number of oxazole rings is 1. The molecule has 1 aliphatic heterocycles. The van der Waals surface area contributed by atoms with Gasteiger partial charge in [0.05, 0.1) is 10.6 Å². The summed E-state index contributed by atoms with van der Waals surface area (Å²) < 4.78 is 33.1. The third kappa shape index (κ3) is 5.09. The van der Waals surface area contributed by atoms with Gasteiger partial charge in [-0.25, -0.2) is 13.4 Å². The largest absolute Gasteiger partial charge is 0.431 e. The van der Waals surface area contributed by atoms with Crippen molar-refractivity contribution in [2.45, 2.75) is 68.5 Å². The van der Waals surface area contributed by atoms with Crippen LogP contribution in [0.1, 0.15) is 52.4 Å². The quantitative estimate of drug-likeness (QED) is 0.648. The molecular weight excluding hydrogens is 434 g/mol. The number of piperidine rings is 1. The zero-order valence-electron chi connectivity index (χ0n) is 18.2. The third-order valence-corrected chi connectivity index (χ3v) is 9.39. The molecule has 2 heterocycles. The average Bonchev–Trinajstić information content (AvgIpc) is 3.18. The van der Waals surface area contributed by atoms with Crippen LogP contribution in [-0.2, 0) is 14.8 Å². The van der Waals surface area contributed by atoms with Crippen LogP contribution in [0.2, 0.25) is 0 Å². The molecule has 0 unspecified atom stereocenters. The van der Waals surface area contributed by atoms with E-state index in [1.165, 1.54) is 18.2 Å². The third-order valence-electron chi connectivity index (χ3n) is 6.67. The summed E-state index contributed by atoms with van der Waals surface area (Å²) in [6.07, 6.45) is 6.26. The van der Waals surface area contributed by atoms with E-state index in [4.69, 9.17) is 4.42 Å². The number of aromatic nitrogens is 1. The number of nitrogens with one attached hydrogen (secondary N) is 1. The monoisotopic (exact) mass is 465 g/mol. The van der Waals surface area contributed by atoms with Gasteiger partial charge >= 0.3 is 0 Å². The van der Waals surface area contributed by atoms with Crippen LogP contribution >= 0.6 is 11.8 Å². The Morgan fingerprint density at radius 2 is 1.97 bits per heavy atom. The highest BCUT2D eigenvalue weighted by atomic mass is 32.2. The fourth-order valence-electron chi connectivity index (χ4n) is 4.52. The molecule has 1 aliphatic carbocycles. The smallest absolute Gasteiger partial charge is 0.257 e. The summed E-state index contributed by atoms with van der Waals surface area (Å²) in [7, 11) is -3.52. The predicted octanol–water partition coefficient (Wildman–Crippen LogP) is 4.04. The molecule has 170 valence electrons. The van der Waals surface area contributed by atoms with Gasteiger partial charge in [-0.2, -0.15) is 4.31 Å². The van der Waals surface area contributed by atoms with Crippen LogP contribution in [0, 0.1) is 11.8 Å². The number of carbonyl (C=O) groups excluding carboxylic acids is 1. The van der Waals surface area contributed by atoms with E-state index < -0.39 is 10.0 Å². The molecule has 4 rings (SSSR count). The lowest BCUT2D eigenvalue weighted by Crippen LogP contribution is -2.44. The lowest BCUT2D eigenvalue weighted by Gasteiger charge is -2.34. The van der Waals surface area contributed by atoms with Crippen molar-refractivity contribution >= 4 is 38.8 Å². The fourth-order valence-corrected chi connectivity index (χ4v) is 6.71. The Morgan fingerprint density at radius 3 is 2.74 bits per heavy atom. The summed E-state index contributed by atoms with van der Waals surface area (Å²) in [5, 5.41) is 3.53. The second-order valence-corrected chi connectivity index (χ2v) is 11.7. The van der Waals surface area contributed by atoms with Crippen molar-refractivity contribution in [1.29, 1.82) is 0 Å². The summed E-state index contributed by atoms with van der Waals surface area (Å²) in [6, 6.07) is 5.01. The summed E-state index contributed by atoms with van der Waals surface area (Å²) in [5.74, 6) is 1.31. The molecule has 1 amide bonds. The van der Waals surface area contributed by atoms with Gasteiger partial charge in [0.25, 0.3) is 5.22 Å². The van der Waals surface area contributed by atoms with Crippen LogP contribution < -0.4 is 5.32 Å². The Kier molecular flexibility index (Phi) is 6.93. The molecule has 0 bridgehead atoms. The molecule has 2 aromatic rings. The van der Waals surface area contributed by atoms with Crippen LogP contribution in [0.5, 0.6) is 0 Å². The highest BCUT2D eigenvalue weighted by Gasteiger charge is 2.29. The second-order valence-electron chi connectivity index (χ2n) is 8.80. The normalized spacial score (nSPS) is 25.5. The van der Waals surface area contributed by atoms with Crippen molar-refractivity contribution in [3.8, 4) is 0 Å². The van der Waals surface area contributed by atoms with Crippen molar-refractivity contribution in [3.63, 3.8) is 0 Å². The first-order chi connectivity index (χ1) is 14.8. The van der Waals surface area contributed by atoms with Crippen molar-refractivity contribution in [3.05, 3.63) is 18.2 Å². The Hall–Kier alpha value is -1.58. The van der Waals surface area contributed by atoms with E-state index in [0.717, 1.165) is 32.1 Å². The number of hydrogen-bond donors (Lipinski definition) is 1. The Bertz CT molecular complexity index is 1030. The number of hydrogen-bond acceptors (Lipinski definition) is 6. The maximum atomic E-state index is 12.9. The molecule has 0 spiro atoms. The summed E-state index contributed by atoms with van der Waals surface area (Å²) >= 11 is 1.24. The van der Waals surface area contributed by atoms with Crippen LogP contribution in [0.15, 0.2) is 32.7 Å². The van der Waals surface area contributed by atoms with Crippen molar-refractivity contribution in [1.82, 2.24) is 14.6 Å². The predicted molar refractivity (Wildman–Crippen MR) is 121 cm³/mol. The molecular formula is C22H31N3O4S2. The van der Waals surface area contributed by atoms with Gasteiger partial charge in [-0.15, -0.1) is 0 Å². The topological polar surface area (TPSA) is 92.5 Å². The number of rotatable bonds is 6.